The van der Waals surface area contributed by atoms with Crippen LogP contribution in [-0.4, -0.2) is 53.8 Å². The normalized spacial score (nSPS) is 16.1. The van der Waals surface area contributed by atoms with Gasteiger partial charge in [-0.3, -0.25) is 14.5 Å². The molecule has 26 heavy (non-hydrogen) atoms. The van der Waals surface area contributed by atoms with E-state index >= 15 is 0 Å². The number of hydrogen-bond acceptors (Lipinski definition) is 4. The molecule has 1 saturated heterocycles. The summed E-state index contributed by atoms with van der Waals surface area (Å²) >= 11 is 5.76. The van der Waals surface area contributed by atoms with Crippen LogP contribution in [-0.2, 0) is 19.1 Å². The van der Waals surface area contributed by atoms with Gasteiger partial charge >= 0.3 is 5.97 Å². The van der Waals surface area contributed by atoms with E-state index in [2.05, 4.69) is 0 Å². The maximum Gasteiger partial charge on any atom is 0.332 e. The fraction of sp³-hybridized carbons (Fsp3) is 0.500. The zero-order valence-corrected chi connectivity index (χ0v) is 15.6. The van der Waals surface area contributed by atoms with E-state index in [1.807, 2.05) is 0 Å². The summed E-state index contributed by atoms with van der Waals surface area (Å²) < 4.78 is 19.7. The average Bonchev–Trinajstić information content (AvgIpc) is 2.63. The number of likely N-dealkylation sites (tertiary alicyclic amines) is 1. The molecule has 0 aliphatic carbocycles. The highest BCUT2D eigenvalue weighted by molar-refractivity contribution is 6.30. The molecule has 1 aromatic carbocycles. The Morgan fingerprint density at radius 2 is 1.88 bits per heavy atom. The van der Waals surface area contributed by atoms with E-state index in [0.717, 1.165) is 4.90 Å². The molecule has 2 rings (SSSR count). The van der Waals surface area contributed by atoms with Gasteiger partial charge in [-0.2, -0.15) is 0 Å². The number of benzene rings is 1. The lowest BCUT2D eigenvalue weighted by Gasteiger charge is -2.46. The first-order valence-electron chi connectivity index (χ1n) is 8.43. The summed E-state index contributed by atoms with van der Waals surface area (Å²) in [5.41, 5.74) is -1.43. The fourth-order valence-electron chi connectivity index (χ4n) is 3.27. The highest BCUT2D eigenvalue weighted by Crippen LogP contribution is 2.36. The Morgan fingerprint density at radius 3 is 2.38 bits per heavy atom. The van der Waals surface area contributed by atoms with Gasteiger partial charge in [-0.1, -0.05) is 12.1 Å². The summed E-state index contributed by atoms with van der Waals surface area (Å²) in [7, 11) is 0. The van der Waals surface area contributed by atoms with E-state index < -0.39 is 29.1 Å². The molecule has 6 nitrogen and oxygen atoms in total. The Bertz CT molecular complexity index is 690. The number of piperidine rings is 1. The van der Waals surface area contributed by atoms with E-state index in [1.165, 1.54) is 25.1 Å². The lowest BCUT2D eigenvalue weighted by molar-refractivity contribution is -0.154. The van der Waals surface area contributed by atoms with Crippen LogP contribution in [0.2, 0.25) is 0 Å². The van der Waals surface area contributed by atoms with Crippen molar-refractivity contribution in [1.29, 1.82) is 0 Å². The molecule has 1 fully saturated rings. The van der Waals surface area contributed by atoms with E-state index in [-0.39, 0.29) is 44.1 Å². The van der Waals surface area contributed by atoms with Gasteiger partial charge in [0.2, 0.25) is 11.8 Å². The number of esters is 1. The largest absolute Gasteiger partial charge is 0.464 e. The van der Waals surface area contributed by atoms with E-state index in [9.17, 15) is 18.8 Å². The Labute approximate surface area is 156 Å². The van der Waals surface area contributed by atoms with Crippen LogP contribution in [0, 0.1) is 5.82 Å². The molecule has 2 amide bonds. The number of nitrogens with zero attached hydrogens (tertiary/aromatic N) is 2. The lowest BCUT2D eigenvalue weighted by Crippen LogP contribution is -2.63. The van der Waals surface area contributed by atoms with E-state index in [4.69, 9.17) is 16.3 Å². The molecule has 0 atom stereocenters. The number of ether oxygens (including phenoxy) is 1. The van der Waals surface area contributed by atoms with Gasteiger partial charge in [0.15, 0.2) is 0 Å². The number of para-hydroxylation sites is 1. The summed E-state index contributed by atoms with van der Waals surface area (Å²) in [6.07, 6.45) is 0.282. The average molecular weight is 385 g/mol. The smallest absolute Gasteiger partial charge is 0.332 e. The van der Waals surface area contributed by atoms with Crippen LogP contribution in [0.1, 0.15) is 26.7 Å². The van der Waals surface area contributed by atoms with Gasteiger partial charge in [0.25, 0.3) is 0 Å². The summed E-state index contributed by atoms with van der Waals surface area (Å²) in [5.74, 6) is -2.38. The number of carbonyl (C=O) groups excluding carboxylic acids is 3. The third-order valence-corrected chi connectivity index (χ3v) is 4.81. The molecule has 0 radical (unpaired) electrons. The minimum Gasteiger partial charge on any atom is -0.464 e. The van der Waals surface area contributed by atoms with Gasteiger partial charge in [0.1, 0.15) is 17.2 Å². The van der Waals surface area contributed by atoms with Crippen molar-refractivity contribution in [2.24, 2.45) is 0 Å². The summed E-state index contributed by atoms with van der Waals surface area (Å²) in [6, 6.07) is 5.72. The summed E-state index contributed by atoms with van der Waals surface area (Å²) in [4.78, 5) is 39.8. The maximum absolute atomic E-state index is 14.5. The molecule has 1 aliphatic rings. The molecular formula is C18H22ClFN2O4. The molecule has 0 spiro atoms. The van der Waals surface area contributed by atoms with E-state index in [1.54, 1.807) is 17.9 Å². The monoisotopic (exact) mass is 384 g/mol. The maximum atomic E-state index is 14.5. The first-order valence-corrected chi connectivity index (χ1v) is 8.97. The van der Waals surface area contributed by atoms with Crippen LogP contribution < -0.4 is 4.90 Å². The van der Waals surface area contributed by atoms with Crippen LogP contribution in [0.15, 0.2) is 24.3 Å². The minimum atomic E-state index is -1.41. The molecule has 1 aromatic rings. The van der Waals surface area contributed by atoms with Crippen molar-refractivity contribution >= 4 is 35.1 Å². The highest BCUT2D eigenvalue weighted by atomic mass is 35.5. The molecule has 0 saturated carbocycles. The Hall–Kier alpha value is -2.15. The number of hydrogen-bond donors (Lipinski definition) is 0. The molecule has 1 heterocycles. The van der Waals surface area contributed by atoms with Gasteiger partial charge in [-0.05, 0) is 31.9 Å². The van der Waals surface area contributed by atoms with Crippen molar-refractivity contribution in [3.63, 3.8) is 0 Å². The molecule has 0 N–H and O–H groups in total. The van der Waals surface area contributed by atoms with Gasteiger partial charge in [-0.25, -0.2) is 9.18 Å². The second kappa shape index (κ2) is 8.49. The molecule has 0 aromatic heterocycles. The molecule has 0 unspecified atom stereocenters. The second-order valence-corrected chi connectivity index (χ2v) is 6.34. The van der Waals surface area contributed by atoms with Crippen molar-refractivity contribution in [3.8, 4) is 0 Å². The zero-order valence-electron chi connectivity index (χ0n) is 14.8. The molecular weight excluding hydrogens is 363 g/mol. The first kappa shape index (κ1) is 20.2. The van der Waals surface area contributed by atoms with Gasteiger partial charge < -0.3 is 9.64 Å². The number of amides is 2. The molecule has 0 bridgehead atoms. The molecule has 142 valence electrons. The second-order valence-electron chi connectivity index (χ2n) is 6.07. The molecule has 1 aliphatic heterocycles. The fourth-order valence-corrected chi connectivity index (χ4v) is 3.39. The van der Waals surface area contributed by atoms with Gasteiger partial charge in [-0.15, -0.1) is 11.6 Å². The lowest BCUT2D eigenvalue weighted by atomic mass is 9.84. The van der Waals surface area contributed by atoms with Crippen molar-refractivity contribution in [2.75, 3.05) is 30.5 Å². The van der Waals surface area contributed by atoms with E-state index in [0.29, 0.717) is 0 Å². The third kappa shape index (κ3) is 3.82. The third-order valence-electron chi connectivity index (χ3n) is 4.58. The SMILES string of the molecule is CCOC(=O)C1(N(C(=O)CCl)c2ccccc2F)CCN(C(C)=O)CC1. The number of carbonyl (C=O) groups is 3. The highest BCUT2D eigenvalue weighted by Gasteiger charge is 2.51. The Morgan fingerprint density at radius 1 is 1.27 bits per heavy atom. The predicted molar refractivity (Wildman–Crippen MR) is 95.5 cm³/mol. The summed E-state index contributed by atoms with van der Waals surface area (Å²) in [5, 5.41) is 0. The Kier molecular flexibility index (Phi) is 6.58. The minimum absolute atomic E-state index is 0.0255. The predicted octanol–water partition coefficient (Wildman–Crippen LogP) is 2.34. The summed E-state index contributed by atoms with van der Waals surface area (Å²) in [6.45, 7) is 3.74. The first-order chi connectivity index (χ1) is 12.4. The van der Waals surface area contributed by atoms with Crippen LogP contribution in [0.3, 0.4) is 0 Å². The number of alkyl halides is 1. The standard InChI is InChI=1S/C18H22ClFN2O4/c1-3-26-17(25)18(8-10-21(11-9-18)13(2)23)22(16(24)12-19)15-7-5-4-6-14(15)20/h4-7H,3,8-12H2,1-2H3. The number of anilines is 1. The van der Waals surface area contributed by atoms with Crippen molar-refractivity contribution < 1.29 is 23.5 Å². The van der Waals surface area contributed by atoms with Crippen molar-refractivity contribution in [1.82, 2.24) is 4.90 Å². The number of rotatable bonds is 5. The van der Waals surface area contributed by atoms with Gasteiger partial charge in [0, 0.05) is 20.0 Å². The molecule has 8 heteroatoms. The van der Waals surface area contributed by atoms with Gasteiger partial charge in [0.05, 0.1) is 12.3 Å². The zero-order chi connectivity index (χ0) is 19.3. The number of halogens is 2. The quantitative estimate of drug-likeness (QED) is 0.577. The van der Waals surface area contributed by atoms with Crippen LogP contribution in [0.5, 0.6) is 0 Å². The van der Waals surface area contributed by atoms with Crippen molar-refractivity contribution in [3.05, 3.63) is 30.1 Å². The van der Waals surface area contributed by atoms with Crippen LogP contribution >= 0.6 is 11.6 Å². The van der Waals surface area contributed by atoms with Crippen molar-refractivity contribution in [2.45, 2.75) is 32.2 Å². The van der Waals surface area contributed by atoms with Crippen LogP contribution in [0.25, 0.3) is 0 Å². The topological polar surface area (TPSA) is 66.9 Å². The Balaban J connectivity index is 2.53. The van der Waals surface area contributed by atoms with Crippen LogP contribution in [0.4, 0.5) is 10.1 Å².